The molecule has 0 bridgehead atoms. The zero-order chi connectivity index (χ0) is 13.7. The summed E-state index contributed by atoms with van der Waals surface area (Å²) >= 11 is 5.87. The minimum atomic E-state index is 0.793. The maximum absolute atomic E-state index is 5.87. The molecule has 1 saturated heterocycles. The van der Waals surface area contributed by atoms with Gasteiger partial charge in [-0.1, -0.05) is 25.4 Å². The average molecular weight is 281 g/mol. The van der Waals surface area contributed by atoms with Crippen molar-refractivity contribution in [3.63, 3.8) is 0 Å². The summed E-state index contributed by atoms with van der Waals surface area (Å²) in [6, 6.07) is 7.93. The Kier molecular flexibility index (Phi) is 5.53. The highest BCUT2D eigenvalue weighted by Gasteiger charge is 2.20. The van der Waals surface area contributed by atoms with Crippen molar-refractivity contribution in [3.05, 3.63) is 29.3 Å². The van der Waals surface area contributed by atoms with Crippen LogP contribution in [0.4, 0.5) is 5.69 Å². The Bertz CT molecular complexity index is 367. The Morgan fingerprint density at radius 2 is 1.84 bits per heavy atom. The number of anilines is 1. The number of piperidine rings is 1. The van der Waals surface area contributed by atoms with Crippen LogP contribution in [0.2, 0.25) is 5.02 Å². The van der Waals surface area contributed by atoms with E-state index in [0.717, 1.165) is 35.6 Å². The summed E-state index contributed by atoms with van der Waals surface area (Å²) in [6.45, 7) is 9.35. The van der Waals surface area contributed by atoms with Gasteiger partial charge in [0, 0.05) is 23.8 Å². The molecule has 0 spiro atoms. The van der Waals surface area contributed by atoms with Crippen molar-refractivity contribution in [2.75, 3.05) is 31.5 Å². The smallest absolute Gasteiger partial charge is 0.0407 e. The summed E-state index contributed by atoms with van der Waals surface area (Å²) in [5.74, 6) is 1.77. The van der Waals surface area contributed by atoms with E-state index in [2.05, 4.69) is 24.1 Å². The molecule has 106 valence electrons. The second-order valence-electron chi connectivity index (χ2n) is 5.86. The molecule has 1 fully saturated rings. The molecular weight excluding hydrogens is 256 g/mol. The van der Waals surface area contributed by atoms with Gasteiger partial charge >= 0.3 is 0 Å². The highest BCUT2D eigenvalue weighted by molar-refractivity contribution is 6.30. The molecule has 1 aromatic rings. The molecular formula is C16H25ClN2. The standard InChI is InChI=1S/C16H25ClN2/c1-13(2)14-7-10-19(11-8-14)12-9-18-16-5-3-15(17)4-6-16/h3-6,13-14,18H,7-12H2,1-2H3. The molecule has 0 unspecified atom stereocenters. The Morgan fingerprint density at radius 1 is 1.21 bits per heavy atom. The van der Waals surface area contributed by atoms with Crippen molar-refractivity contribution in [2.45, 2.75) is 26.7 Å². The summed E-state index contributed by atoms with van der Waals surface area (Å²) in [4.78, 5) is 2.57. The van der Waals surface area contributed by atoms with Gasteiger partial charge < -0.3 is 10.2 Å². The number of rotatable bonds is 5. The van der Waals surface area contributed by atoms with E-state index in [9.17, 15) is 0 Å². The fraction of sp³-hybridized carbons (Fsp3) is 0.625. The van der Waals surface area contributed by atoms with Crippen LogP contribution >= 0.6 is 11.6 Å². The molecule has 19 heavy (non-hydrogen) atoms. The van der Waals surface area contributed by atoms with E-state index in [-0.39, 0.29) is 0 Å². The fourth-order valence-corrected chi connectivity index (χ4v) is 2.90. The van der Waals surface area contributed by atoms with E-state index in [1.54, 1.807) is 0 Å². The number of likely N-dealkylation sites (tertiary alicyclic amines) is 1. The number of halogens is 1. The predicted octanol–water partition coefficient (Wildman–Crippen LogP) is 4.12. The van der Waals surface area contributed by atoms with E-state index in [4.69, 9.17) is 11.6 Å². The molecule has 0 amide bonds. The number of hydrogen-bond donors (Lipinski definition) is 1. The van der Waals surface area contributed by atoms with Crippen LogP contribution in [0, 0.1) is 11.8 Å². The van der Waals surface area contributed by atoms with Gasteiger partial charge in [-0.25, -0.2) is 0 Å². The molecule has 1 aliphatic heterocycles. The first kappa shape index (κ1) is 14.7. The first-order valence-electron chi connectivity index (χ1n) is 7.37. The number of benzene rings is 1. The third kappa shape index (κ3) is 4.70. The van der Waals surface area contributed by atoms with E-state index in [0.29, 0.717) is 0 Å². The zero-order valence-corrected chi connectivity index (χ0v) is 12.8. The molecule has 0 aromatic heterocycles. The Morgan fingerprint density at radius 3 is 2.42 bits per heavy atom. The Hall–Kier alpha value is -0.730. The van der Waals surface area contributed by atoms with Gasteiger partial charge in [0.2, 0.25) is 0 Å². The Labute approximate surface area is 122 Å². The second-order valence-corrected chi connectivity index (χ2v) is 6.29. The van der Waals surface area contributed by atoms with Crippen molar-refractivity contribution < 1.29 is 0 Å². The number of nitrogens with zero attached hydrogens (tertiary/aromatic N) is 1. The normalized spacial score (nSPS) is 17.9. The van der Waals surface area contributed by atoms with E-state index >= 15 is 0 Å². The molecule has 1 aliphatic rings. The second kappa shape index (κ2) is 7.16. The van der Waals surface area contributed by atoms with Crippen LogP contribution in [-0.4, -0.2) is 31.1 Å². The van der Waals surface area contributed by atoms with Crippen LogP contribution in [-0.2, 0) is 0 Å². The molecule has 1 N–H and O–H groups in total. The lowest BCUT2D eigenvalue weighted by atomic mass is 9.87. The largest absolute Gasteiger partial charge is 0.384 e. The topological polar surface area (TPSA) is 15.3 Å². The number of hydrogen-bond acceptors (Lipinski definition) is 2. The lowest BCUT2D eigenvalue weighted by molar-refractivity contribution is 0.162. The van der Waals surface area contributed by atoms with Gasteiger partial charge in [0.15, 0.2) is 0 Å². The molecule has 2 rings (SSSR count). The minimum absolute atomic E-state index is 0.793. The maximum Gasteiger partial charge on any atom is 0.0407 e. The van der Waals surface area contributed by atoms with Crippen LogP contribution in [0.5, 0.6) is 0 Å². The average Bonchev–Trinajstić information content (AvgIpc) is 2.41. The lowest BCUT2D eigenvalue weighted by Crippen LogP contribution is -2.37. The molecule has 0 aliphatic carbocycles. The zero-order valence-electron chi connectivity index (χ0n) is 12.0. The van der Waals surface area contributed by atoms with E-state index < -0.39 is 0 Å². The van der Waals surface area contributed by atoms with Gasteiger partial charge in [-0.05, 0) is 62.0 Å². The van der Waals surface area contributed by atoms with Crippen LogP contribution in [0.15, 0.2) is 24.3 Å². The molecule has 2 nitrogen and oxygen atoms in total. The van der Waals surface area contributed by atoms with E-state index in [1.807, 2.05) is 24.3 Å². The highest BCUT2D eigenvalue weighted by Crippen LogP contribution is 2.24. The van der Waals surface area contributed by atoms with Crippen LogP contribution in [0.3, 0.4) is 0 Å². The third-order valence-electron chi connectivity index (χ3n) is 4.18. The SMILES string of the molecule is CC(C)C1CCN(CCNc2ccc(Cl)cc2)CC1. The summed E-state index contributed by atoms with van der Waals surface area (Å²) in [5, 5.41) is 4.25. The van der Waals surface area contributed by atoms with Crippen molar-refractivity contribution in [1.82, 2.24) is 4.90 Å². The van der Waals surface area contributed by atoms with Crippen molar-refractivity contribution in [2.24, 2.45) is 11.8 Å². The third-order valence-corrected chi connectivity index (χ3v) is 4.43. The molecule has 1 aromatic carbocycles. The van der Waals surface area contributed by atoms with Crippen molar-refractivity contribution in [3.8, 4) is 0 Å². The van der Waals surface area contributed by atoms with Gasteiger partial charge in [0.25, 0.3) is 0 Å². The molecule has 0 atom stereocenters. The van der Waals surface area contributed by atoms with Gasteiger partial charge in [-0.3, -0.25) is 0 Å². The summed E-state index contributed by atoms with van der Waals surface area (Å²) in [5.41, 5.74) is 1.15. The minimum Gasteiger partial charge on any atom is -0.384 e. The van der Waals surface area contributed by atoms with Crippen LogP contribution in [0.1, 0.15) is 26.7 Å². The molecule has 0 radical (unpaired) electrons. The first-order valence-corrected chi connectivity index (χ1v) is 7.75. The summed E-state index contributed by atoms with van der Waals surface area (Å²) in [7, 11) is 0. The molecule has 0 saturated carbocycles. The van der Waals surface area contributed by atoms with Crippen molar-refractivity contribution in [1.29, 1.82) is 0 Å². The van der Waals surface area contributed by atoms with Crippen molar-refractivity contribution >= 4 is 17.3 Å². The highest BCUT2D eigenvalue weighted by atomic mass is 35.5. The fourth-order valence-electron chi connectivity index (χ4n) is 2.77. The number of nitrogens with one attached hydrogen (secondary N) is 1. The molecule has 1 heterocycles. The lowest BCUT2D eigenvalue weighted by Gasteiger charge is -2.33. The molecule has 3 heteroatoms. The predicted molar refractivity (Wildman–Crippen MR) is 83.9 cm³/mol. The quantitative estimate of drug-likeness (QED) is 0.873. The maximum atomic E-state index is 5.87. The van der Waals surface area contributed by atoms with Gasteiger partial charge in [-0.15, -0.1) is 0 Å². The van der Waals surface area contributed by atoms with Gasteiger partial charge in [-0.2, -0.15) is 0 Å². The van der Waals surface area contributed by atoms with Crippen LogP contribution < -0.4 is 5.32 Å². The van der Waals surface area contributed by atoms with Gasteiger partial charge in [0.05, 0.1) is 0 Å². The first-order chi connectivity index (χ1) is 9.15. The Balaban J connectivity index is 1.65. The monoisotopic (exact) mass is 280 g/mol. The summed E-state index contributed by atoms with van der Waals surface area (Å²) < 4.78 is 0. The van der Waals surface area contributed by atoms with E-state index in [1.165, 1.54) is 25.9 Å². The van der Waals surface area contributed by atoms with Gasteiger partial charge in [0.1, 0.15) is 0 Å². The summed E-state index contributed by atoms with van der Waals surface area (Å²) in [6.07, 6.45) is 2.72. The van der Waals surface area contributed by atoms with Crippen LogP contribution in [0.25, 0.3) is 0 Å².